The van der Waals surface area contributed by atoms with Gasteiger partial charge in [-0.1, -0.05) is 23.7 Å². The molecule has 2 aromatic rings. The normalized spacial score (nSPS) is 10.8. The van der Waals surface area contributed by atoms with Crippen molar-refractivity contribution in [2.75, 3.05) is 0 Å². The van der Waals surface area contributed by atoms with Crippen molar-refractivity contribution in [1.82, 2.24) is 0 Å². The first-order valence-corrected chi connectivity index (χ1v) is 6.06. The number of benzene rings is 1. The van der Waals surface area contributed by atoms with Crippen LogP contribution in [-0.2, 0) is 6.54 Å². The van der Waals surface area contributed by atoms with Crippen LogP contribution < -0.4 is 5.73 Å². The summed E-state index contributed by atoms with van der Waals surface area (Å²) in [7, 11) is 0. The van der Waals surface area contributed by atoms with E-state index in [0.717, 1.165) is 25.9 Å². The first-order chi connectivity index (χ1) is 7.63. The SMILES string of the molecule is Cc1sc(Cl)c(CN)c1-c1ccc(F)cc1. The summed E-state index contributed by atoms with van der Waals surface area (Å²) in [6.07, 6.45) is 0. The van der Waals surface area contributed by atoms with Gasteiger partial charge in [-0.25, -0.2) is 4.39 Å². The second-order valence-electron chi connectivity index (χ2n) is 3.50. The highest BCUT2D eigenvalue weighted by Gasteiger charge is 2.14. The molecule has 0 atom stereocenters. The Morgan fingerprint density at radius 2 is 1.94 bits per heavy atom. The Balaban J connectivity index is 2.59. The van der Waals surface area contributed by atoms with Crippen molar-refractivity contribution >= 4 is 22.9 Å². The molecule has 0 saturated carbocycles. The van der Waals surface area contributed by atoms with Gasteiger partial charge in [0.15, 0.2) is 0 Å². The molecule has 2 N–H and O–H groups in total. The third-order valence-corrected chi connectivity index (χ3v) is 3.87. The summed E-state index contributed by atoms with van der Waals surface area (Å²) >= 11 is 7.61. The third kappa shape index (κ3) is 1.98. The lowest BCUT2D eigenvalue weighted by atomic mass is 10.0. The van der Waals surface area contributed by atoms with Crippen molar-refractivity contribution in [3.8, 4) is 11.1 Å². The molecule has 0 saturated heterocycles. The maximum Gasteiger partial charge on any atom is 0.123 e. The molecule has 0 radical (unpaired) electrons. The number of nitrogens with two attached hydrogens (primary N) is 1. The highest BCUT2D eigenvalue weighted by atomic mass is 35.5. The molecule has 1 nitrogen and oxygen atoms in total. The zero-order valence-corrected chi connectivity index (χ0v) is 10.3. The zero-order chi connectivity index (χ0) is 11.7. The minimum absolute atomic E-state index is 0.239. The van der Waals surface area contributed by atoms with Crippen LogP contribution in [0.1, 0.15) is 10.4 Å². The van der Waals surface area contributed by atoms with E-state index in [2.05, 4.69) is 0 Å². The van der Waals surface area contributed by atoms with E-state index in [-0.39, 0.29) is 5.82 Å². The Bertz CT molecular complexity index is 504. The van der Waals surface area contributed by atoms with E-state index in [0.29, 0.717) is 6.54 Å². The zero-order valence-electron chi connectivity index (χ0n) is 8.76. The lowest BCUT2D eigenvalue weighted by Crippen LogP contribution is -1.97. The van der Waals surface area contributed by atoms with E-state index in [4.69, 9.17) is 17.3 Å². The lowest BCUT2D eigenvalue weighted by Gasteiger charge is -2.04. The maximum atomic E-state index is 12.8. The minimum Gasteiger partial charge on any atom is -0.326 e. The third-order valence-electron chi connectivity index (χ3n) is 2.47. The van der Waals surface area contributed by atoms with Crippen molar-refractivity contribution in [3.63, 3.8) is 0 Å². The van der Waals surface area contributed by atoms with Gasteiger partial charge in [0, 0.05) is 22.5 Å². The number of rotatable bonds is 2. The molecule has 0 bridgehead atoms. The Kier molecular flexibility index (Phi) is 3.28. The Hall–Kier alpha value is -0.900. The molecular formula is C12H11ClFNS. The topological polar surface area (TPSA) is 26.0 Å². The second-order valence-corrected chi connectivity index (χ2v) is 5.32. The van der Waals surface area contributed by atoms with Gasteiger partial charge in [0.25, 0.3) is 0 Å². The Labute approximate surface area is 103 Å². The fourth-order valence-electron chi connectivity index (χ4n) is 1.73. The molecule has 0 fully saturated rings. The molecule has 0 aliphatic carbocycles. The number of halogens is 2. The number of hydrogen-bond donors (Lipinski definition) is 1. The van der Waals surface area contributed by atoms with E-state index in [1.54, 1.807) is 12.1 Å². The van der Waals surface area contributed by atoms with Crippen molar-refractivity contribution in [1.29, 1.82) is 0 Å². The summed E-state index contributed by atoms with van der Waals surface area (Å²) in [5.41, 5.74) is 8.62. The van der Waals surface area contributed by atoms with Gasteiger partial charge >= 0.3 is 0 Å². The van der Waals surface area contributed by atoms with Crippen LogP contribution in [0.4, 0.5) is 4.39 Å². The molecule has 16 heavy (non-hydrogen) atoms. The quantitative estimate of drug-likeness (QED) is 0.863. The van der Waals surface area contributed by atoms with Crippen LogP contribution >= 0.6 is 22.9 Å². The summed E-state index contributed by atoms with van der Waals surface area (Å²) in [6.45, 7) is 2.39. The molecule has 1 aromatic carbocycles. The van der Waals surface area contributed by atoms with Crippen LogP contribution in [0.25, 0.3) is 11.1 Å². The monoisotopic (exact) mass is 255 g/mol. The average molecular weight is 256 g/mol. The standard InChI is InChI=1S/C12H11ClFNS/c1-7-11(10(6-15)12(13)16-7)8-2-4-9(14)5-3-8/h2-5H,6,15H2,1H3. The van der Waals surface area contributed by atoms with Gasteiger partial charge < -0.3 is 5.73 Å². The second kappa shape index (κ2) is 4.53. The summed E-state index contributed by atoms with van der Waals surface area (Å²) in [4.78, 5) is 1.11. The maximum absolute atomic E-state index is 12.8. The smallest absolute Gasteiger partial charge is 0.123 e. The van der Waals surface area contributed by atoms with Crippen LogP contribution in [0.5, 0.6) is 0 Å². The highest BCUT2D eigenvalue weighted by molar-refractivity contribution is 7.16. The Morgan fingerprint density at radius 3 is 2.50 bits per heavy atom. The predicted octanol–water partition coefficient (Wildman–Crippen LogP) is 3.97. The van der Waals surface area contributed by atoms with Crippen molar-refractivity contribution in [2.24, 2.45) is 5.73 Å². The molecule has 84 valence electrons. The minimum atomic E-state index is -0.239. The molecule has 1 aromatic heterocycles. The first-order valence-electron chi connectivity index (χ1n) is 4.87. The van der Waals surface area contributed by atoms with Crippen LogP contribution in [0.3, 0.4) is 0 Å². The summed E-state index contributed by atoms with van der Waals surface area (Å²) < 4.78 is 13.6. The summed E-state index contributed by atoms with van der Waals surface area (Å²) in [5.74, 6) is -0.239. The van der Waals surface area contributed by atoms with Gasteiger partial charge in [0.2, 0.25) is 0 Å². The van der Waals surface area contributed by atoms with Gasteiger partial charge in [-0.15, -0.1) is 11.3 Å². The van der Waals surface area contributed by atoms with E-state index in [1.807, 2.05) is 6.92 Å². The molecule has 0 amide bonds. The molecule has 4 heteroatoms. The van der Waals surface area contributed by atoms with Gasteiger partial charge in [0.05, 0.1) is 4.34 Å². The lowest BCUT2D eigenvalue weighted by molar-refractivity contribution is 0.628. The van der Waals surface area contributed by atoms with E-state index >= 15 is 0 Å². The number of thiophene rings is 1. The fourth-order valence-corrected chi connectivity index (χ4v) is 3.17. The van der Waals surface area contributed by atoms with Crippen molar-refractivity contribution in [2.45, 2.75) is 13.5 Å². The molecule has 0 aliphatic heterocycles. The molecule has 0 spiro atoms. The van der Waals surface area contributed by atoms with Gasteiger partial charge in [-0.05, 0) is 24.6 Å². The van der Waals surface area contributed by atoms with Crippen LogP contribution in [0.15, 0.2) is 24.3 Å². The molecule has 0 unspecified atom stereocenters. The fraction of sp³-hybridized carbons (Fsp3) is 0.167. The summed E-state index contributed by atoms with van der Waals surface area (Å²) in [5, 5.41) is 0. The van der Waals surface area contributed by atoms with Crippen molar-refractivity contribution < 1.29 is 4.39 Å². The molecule has 1 heterocycles. The van der Waals surface area contributed by atoms with Gasteiger partial charge in [0.1, 0.15) is 5.82 Å². The van der Waals surface area contributed by atoms with Gasteiger partial charge in [-0.2, -0.15) is 0 Å². The average Bonchev–Trinajstić information content (AvgIpc) is 2.54. The van der Waals surface area contributed by atoms with Crippen LogP contribution in [0.2, 0.25) is 4.34 Å². The number of hydrogen-bond acceptors (Lipinski definition) is 2. The molecular weight excluding hydrogens is 245 g/mol. The first kappa shape index (κ1) is 11.6. The van der Waals surface area contributed by atoms with E-state index in [9.17, 15) is 4.39 Å². The molecule has 2 rings (SSSR count). The van der Waals surface area contributed by atoms with E-state index in [1.165, 1.54) is 23.5 Å². The molecule has 0 aliphatic rings. The largest absolute Gasteiger partial charge is 0.326 e. The predicted molar refractivity (Wildman–Crippen MR) is 67.4 cm³/mol. The Morgan fingerprint density at radius 1 is 1.31 bits per heavy atom. The van der Waals surface area contributed by atoms with E-state index < -0.39 is 0 Å². The summed E-state index contributed by atoms with van der Waals surface area (Å²) in [6, 6.07) is 6.39. The number of aryl methyl sites for hydroxylation is 1. The van der Waals surface area contributed by atoms with Gasteiger partial charge in [-0.3, -0.25) is 0 Å². The van der Waals surface area contributed by atoms with Crippen molar-refractivity contribution in [3.05, 3.63) is 44.9 Å². The van der Waals surface area contributed by atoms with Crippen LogP contribution in [0, 0.1) is 12.7 Å². The highest BCUT2D eigenvalue weighted by Crippen LogP contribution is 2.38. The van der Waals surface area contributed by atoms with Crippen LogP contribution in [-0.4, -0.2) is 0 Å².